The number of benzene rings is 1. The zero-order valence-electron chi connectivity index (χ0n) is 11.8. The standard InChI is InChI=1S/C16H19N3O/c1-19(2)15(13-8-4-3-5-9-13)16(20)18-12-14-10-6-7-11-17-14/h3-11,15H,12H2,1-2H3,(H,18,20). The average molecular weight is 269 g/mol. The monoisotopic (exact) mass is 269 g/mol. The van der Waals surface area contributed by atoms with Crippen LogP contribution in [0, 0.1) is 0 Å². The number of carbonyl (C=O) groups is 1. The van der Waals surface area contributed by atoms with Gasteiger partial charge in [-0.15, -0.1) is 0 Å². The van der Waals surface area contributed by atoms with Crippen LogP contribution in [0.25, 0.3) is 0 Å². The van der Waals surface area contributed by atoms with Crippen molar-refractivity contribution in [3.8, 4) is 0 Å². The zero-order valence-corrected chi connectivity index (χ0v) is 11.8. The molecule has 20 heavy (non-hydrogen) atoms. The molecule has 1 N–H and O–H groups in total. The first kappa shape index (κ1) is 14.2. The van der Waals surface area contributed by atoms with Crippen LogP contribution in [-0.2, 0) is 11.3 Å². The van der Waals surface area contributed by atoms with Gasteiger partial charge in [-0.1, -0.05) is 36.4 Å². The summed E-state index contributed by atoms with van der Waals surface area (Å²) in [5.41, 5.74) is 1.84. The van der Waals surface area contributed by atoms with Gasteiger partial charge in [0.25, 0.3) is 0 Å². The SMILES string of the molecule is CN(C)C(C(=O)NCc1ccccn1)c1ccccc1. The molecule has 1 unspecified atom stereocenters. The van der Waals surface area contributed by atoms with Crippen molar-refractivity contribution in [2.75, 3.05) is 14.1 Å². The number of amides is 1. The molecule has 2 aromatic rings. The van der Waals surface area contributed by atoms with E-state index in [0.717, 1.165) is 11.3 Å². The summed E-state index contributed by atoms with van der Waals surface area (Å²) in [6, 6.07) is 15.1. The van der Waals surface area contributed by atoms with Crippen LogP contribution in [0.5, 0.6) is 0 Å². The summed E-state index contributed by atoms with van der Waals surface area (Å²) < 4.78 is 0. The van der Waals surface area contributed by atoms with Crippen LogP contribution in [0.2, 0.25) is 0 Å². The first-order chi connectivity index (χ1) is 9.68. The zero-order chi connectivity index (χ0) is 14.4. The smallest absolute Gasteiger partial charge is 0.242 e. The Morgan fingerprint density at radius 2 is 1.85 bits per heavy atom. The molecule has 4 nitrogen and oxygen atoms in total. The van der Waals surface area contributed by atoms with Gasteiger partial charge in [0.2, 0.25) is 5.91 Å². The number of likely N-dealkylation sites (N-methyl/N-ethyl adjacent to an activating group) is 1. The second-order valence-electron chi connectivity index (χ2n) is 4.82. The maximum absolute atomic E-state index is 12.4. The highest BCUT2D eigenvalue weighted by atomic mass is 16.2. The molecule has 1 aromatic carbocycles. The molecule has 0 aliphatic carbocycles. The van der Waals surface area contributed by atoms with Gasteiger partial charge in [-0.05, 0) is 31.8 Å². The van der Waals surface area contributed by atoms with E-state index in [4.69, 9.17) is 0 Å². The molecule has 0 bridgehead atoms. The Bertz CT molecular complexity index is 540. The topological polar surface area (TPSA) is 45.2 Å². The summed E-state index contributed by atoms with van der Waals surface area (Å²) in [6.07, 6.45) is 1.72. The van der Waals surface area contributed by atoms with E-state index in [0.29, 0.717) is 6.54 Å². The molecule has 0 radical (unpaired) electrons. The Morgan fingerprint density at radius 1 is 1.15 bits per heavy atom. The second-order valence-corrected chi connectivity index (χ2v) is 4.82. The molecule has 1 atom stereocenters. The number of rotatable bonds is 5. The average Bonchev–Trinajstić information content (AvgIpc) is 2.47. The third-order valence-electron chi connectivity index (χ3n) is 3.05. The van der Waals surface area contributed by atoms with Gasteiger partial charge in [0.15, 0.2) is 0 Å². The highest BCUT2D eigenvalue weighted by Crippen LogP contribution is 2.17. The van der Waals surface area contributed by atoms with E-state index in [1.54, 1.807) is 6.20 Å². The van der Waals surface area contributed by atoms with Gasteiger partial charge in [0.1, 0.15) is 6.04 Å². The molecule has 104 valence electrons. The Morgan fingerprint density at radius 3 is 2.45 bits per heavy atom. The Labute approximate surface area is 119 Å². The van der Waals surface area contributed by atoms with Crippen molar-refractivity contribution in [2.45, 2.75) is 12.6 Å². The summed E-state index contributed by atoms with van der Waals surface area (Å²) in [5.74, 6) is -0.0214. The number of hydrogen-bond acceptors (Lipinski definition) is 3. The molecule has 0 spiro atoms. The number of carbonyl (C=O) groups excluding carboxylic acids is 1. The van der Waals surface area contributed by atoms with Crippen LogP contribution in [0.3, 0.4) is 0 Å². The van der Waals surface area contributed by atoms with E-state index < -0.39 is 0 Å². The van der Waals surface area contributed by atoms with Gasteiger partial charge in [0, 0.05) is 6.20 Å². The van der Waals surface area contributed by atoms with E-state index in [1.807, 2.05) is 67.5 Å². The molecule has 0 aliphatic rings. The number of nitrogens with zero attached hydrogens (tertiary/aromatic N) is 2. The molecule has 0 saturated carbocycles. The molecule has 2 rings (SSSR count). The lowest BCUT2D eigenvalue weighted by molar-refractivity contribution is -0.126. The van der Waals surface area contributed by atoms with Crippen molar-refractivity contribution >= 4 is 5.91 Å². The van der Waals surface area contributed by atoms with E-state index in [9.17, 15) is 4.79 Å². The summed E-state index contributed by atoms with van der Waals surface area (Å²) in [5, 5.41) is 2.94. The highest BCUT2D eigenvalue weighted by Gasteiger charge is 2.22. The van der Waals surface area contributed by atoms with Crippen LogP contribution < -0.4 is 5.32 Å². The molecular formula is C16H19N3O. The third kappa shape index (κ3) is 3.65. The Balaban J connectivity index is 2.05. The molecule has 0 saturated heterocycles. The number of aromatic nitrogens is 1. The summed E-state index contributed by atoms with van der Waals surface area (Å²) in [4.78, 5) is 18.5. The third-order valence-corrected chi connectivity index (χ3v) is 3.05. The maximum atomic E-state index is 12.4. The van der Waals surface area contributed by atoms with Gasteiger partial charge in [-0.25, -0.2) is 0 Å². The van der Waals surface area contributed by atoms with Crippen LogP contribution in [0.4, 0.5) is 0 Å². The van der Waals surface area contributed by atoms with Crippen molar-refractivity contribution in [2.24, 2.45) is 0 Å². The van der Waals surface area contributed by atoms with E-state index in [1.165, 1.54) is 0 Å². The Kier molecular flexibility index (Phi) is 4.85. The first-order valence-electron chi connectivity index (χ1n) is 6.57. The minimum atomic E-state index is -0.292. The van der Waals surface area contributed by atoms with Gasteiger partial charge >= 0.3 is 0 Å². The highest BCUT2D eigenvalue weighted by molar-refractivity contribution is 5.83. The lowest BCUT2D eigenvalue weighted by Crippen LogP contribution is -2.36. The normalized spacial score (nSPS) is 12.2. The van der Waals surface area contributed by atoms with Crippen LogP contribution >= 0.6 is 0 Å². The van der Waals surface area contributed by atoms with Gasteiger partial charge in [-0.2, -0.15) is 0 Å². The predicted molar refractivity (Wildman–Crippen MR) is 79.0 cm³/mol. The van der Waals surface area contributed by atoms with Gasteiger partial charge < -0.3 is 5.32 Å². The van der Waals surface area contributed by atoms with Crippen molar-refractivity contribution in [1.82, 2.24) is 15.2 Å². The summed E-state index contributed by atoms with van der Waals surface area (Å²) in [7, 11) is 3.80. The molecular weight excluding hydrogens is 250 g/mol. The van der Waals surface area contributed by atoms with Crippen molar-refractivity contribution < 1.29 is 4.79 Å². The fourth-order valence-corrected chi connectivity index (χ4v) is 2.10. The van der Waals surface area contributed by atoms with Gasteiger partial charge in [0.05, 0.1) is 12.2 Å². The van der Waals surface area contributed by atoms with Crippen molar-refractivity contribution in [1.29, 1.82) is 0 Å². The van der Waals surface area contributed by atoms with Gasteiger partial charge in [-0.3, -0.25) is 14.7 Å². The van der Waals surface area contributed by atoms with Crippen molar-refractivity contribution in [3.05, 3.63) is 66.0 Å². The fraction of sp³-hybridized carbons (Fsp3) is 0.250. The fourth-order valence-electron chi connectivity index (χ4n) is 2.10. The second kappa shape index (κ2) is 6.82. The number of hydrogen-bond donors (Lipinski definition) is 1. The summed E-state index contributed by atoms with van der Waals surface area (Å²) >= 11 is 0. The molecule has 4 heteroatoms. The van der Waals surface area contributed by atoms with Crippen LogP contribution in [0.1, 0.15) is 17.3 Å². The first-order valence-corrected chi connectivity index (χ1v) is 6.57. The van der Waals surface area contributed by atoms with E-state index in [2.05, 4.69) is 10.3 Å². The van der Waals surface area contributed by atoms with E-state index >= 15 is 0 Å². The quantitative estimate of drug-likeness (QED) is 0.903. The molecule has 1 aromatic heterocycles. The lowest BCUT2D eigenvalue weighted by Gasteiger charge is -2.23. The molecule has 0 fully saturated rings. The molecule has 0 aliphatic heterocycles. The predicted octanol–water partition coefficient (Wildman–Crippen LogP) is 2.00. The minimum absolute atomic E-state index is 0.0214. The van der Waals surface area contributed by atoms with Crippen LogP contribution in [-0.4, -0.2) is 29.9 Å². The molecule has 1 amide bonds. The van der Waals surface area contributed by atoms with E-state index in [-0.39, 0.29) is 11.9 Å². The molecule has 1 heterocycles. The number of nitrogens with one attached hydrogen (secondary N) is 1. The number of pyridine rings is 1. The lowest BCUT2D eigenvalue weighted by atomic mass is 10.1. The largest absolute Gasteiger partial charge is 0.349 e. The van der Waals surface area contributed by atoms with Crippen molar-refractivity contribution in [3.63, 3.8) is 0 Å². The minimum Gasteiger partial charge on any atom is -0.349 e. The van der Waals surface area contributed by atoms with Crippen LogP contribution in [0.15, 0.2) is 54.7 Å². The maximum Gasteiger partial charge on any atom is 0.242 e. The summed E-state index contributed by atoms with van der Waals surface area (Å²) in [6.45, 7) is 0.441. The Hall–Kier alpha value is -2.20.